The van der Waals surface area contributed by atoms with Crippen molar-refractivity contribution < 1.29 is 42.1 Å². The quantitative estimate of drug-likeness (QED) is 0.465. The third kappa shape index (κ3) is 6.76. The van der Waals surface area contributed by atoms with Crippen molar-refractivity contribution in [3.05, 3.63) is 23.9 Å². The predicted molar refractivity (Wildman–Crippen MR) is 159 cm³/mol. The molecular formula is C32H42F2N4O7. The van der Waals surface area contributed by atoms with Gasteiger partial charge in [-0.25, -0.2) is 19.6 Å². The Bertz CT molecular complexity index is 1450. The van der Waals surface area contributed by atoms with E-state index < -0.39 is 65.5 Å². The van der Waals surface area contributed by atoms with E-state index in [9.17, 15) is 14.4 Å². The second-order valence-electron chi connectivity index (χ2n) is 13.3. The van der Waals surface area contributed by atoms with Crippen molar-refractivity contribution in [2.24, 2.45) is 17.3 Å². The molecule has 13 heteroatoms. The van der Waals surface area contributed by atoms with E-state index in [2.05, 4.69) is 15.3 Å². The zero-order valence-electron chi connectivity index (χ0n) is 26.6. The summed E-state index contributed by atoms with van der Waals surface area (Å²) < 4.78 is 54.2. The first-order valence-electron chi connectivity index (χ1n) is 15.5. The van der Waals surface area contributed by atoms with E-state index in [1.54, 1.807) is 39.0 Å². The number of hydrogen-bond acceptors (Lipinski definition) is 9. The third-order valence-electron chi connectivity index (χ3n) is 9.05. The number of fused-ring (bicyclic) bond motifs is 5. The van der Waals surface area contributed by atoms with Crippen molar-refractivity contribution in [3.63, 3.8) is 0 Å². The lowest BCUT2D eigenvalue weighted by Gasteiger charge is -2.35. The van der Waals surface area contributed by atoms with Crippen LogP contribution in [0, 0.1) is 17.3 Å². The van der Waals surface area contributed by atoms with Crippen molar-refractivity contribution in [3.8, 4) is 11.6 Å². The highest BCUT2D eigenvalue weighted by Crippen LogP contribution is 2.43. The molecule has 246 valence electrons. The van der Waals surface area contributed by atoms with E-state index in [0.717, 1.165) is 0 Å². The molecular weight excluding hydrogens is 590 g/mol. The van der Waals surface area contributed by atoms with Gasteiger partial charge in [-0.2, -0.15) is 8.78 Å². The summed E-state index contributed by atoms with van der Waals surface area (Å²) >= 11 is 0. The summed E-state index contributed by atoms with van der Waals surface area (Å²) in [4.78, 5) is 50.5. The van der Waals surface area contributed by atoms with E-state index in [1.165, 1.54) is 19.1 Å². The van der Waals surface area contributed by atoms with Crippen molar-refractivity contribution >= 4 is 29.0 Å². The van der Waals surface area contributed by atoms with Gasteiger partial charge in [0.15, 0.2) is 5.69 Å². The molecule has 2 bridgehead atoms. The molecule has 0 radical (unpaired) electrons. The van der Waals surface area contributed by atoms with Gasteiger partial charge < -0.3 is 29.2 Å². The number of ether oxygens (including phenoxy) is 4. The fourth-order valence-electron chi connectivity index (χ4n) is 6.39. The van der Waals surface area contributed by atoms with E-state index in [4.69, 9.17) is 18.9 Å². The van der Waals surface area contributed by atoms with Gasteiger partial charge in [0.05, 0.1) is 31.8 Å². The Hall–Kier alpha value is -3.77. The molecule has 2 amide bonds. The van der Waals surface area contributed by atoms with Crippen molar-refractivity contribution in [1.29, 1.82) is 0 Å². The summed E-state index contributed by atoms with van der Waals surface area (Å²) in [5, 5.41) is 2.74. The number of carbonyl (C=O) groups excluding carboxylic acids is 3. The summed E-state index contributed by atoms with van der Waals surface area (Å²) in [5.74, 6) is -5.05. The molecule has 45 heavy (non-hydrogen) atoms. The smallest absolute Gasteiger partial charge is 0.408 e. The van der Waals surface area contributed by atoms with E-state index >= 15 is 8.78 Å². The number of aromatic nitrogens is 2. The Morgan fingerprint density at radius 2 is 1.87 bits per heavy atom. The first-order valence-corrected chi connectivity index (χ1v) is 15.5. The molecule has 11 nitrogen and oxygen atoms in total. The Morgan fingerprint density at radius 3 is 2.53 bits per heavy atom. The normalized spacial score (nSPS) is 28.8. The molecule has 2 fully saturated rings. The summed E-state index contributed by atoms with van der Waals surface area (Å²) in [6.45, 7) is 7.07. The maximum Gasteiger partial charge on any atom is 0.408 e. The molecule has 1 aliphatic carbocycles. The van der Waals surface area contributed by atoms with Gasteiger partial charge in [0.25, 0.3) is 5.92 Å². The molecule has 6 atom stereocenters. The number of amides is 2. The average molecular weight is 633 g/mol. The van der Waals surface area contributed by atoms with Gasteiger partial charge in [0.2, 0.25) is 11.8 Å². The first kappa shape index (κ1) is 32.6. The van der Waals surface area contributed by atoms with Gasteiger partial charge in [0.1, 0.15) is 30.0 Å². The van der Waals surface area contributed by atoms with Crippen LogP contribution in [-0.4, -0.2) is 77.9 Å². The highest BCUT2D eigenvalue weighted by Gasteiger charge is 2.53. The first-order chi connectivity index (χ1) is 21.3. The lowest BCUT2D eigenvalue weighted by atomic mass is 9.85. The van der Waals surface area contributed by atoms with Crippen LogP contribution in [0.3, 0.4) is 0 Å². The summed E-state index contributed by atoms with van der Waals surface area (Å²) in [7, 11) is 2.71. The van der Waals surface area contributed by atoms with Gasteiger partial charge in [-0.15, -0.1) is 0 Å². The predicted octanol–water partition coefficient (Wildman–Crippen LogP) is 4.99. The molecule has 1 N–H and O–H groups in total. The molecule has 2 aliphatic heterocycles. The van der Waals surface area contributed by atoms with Crippen molar-refractivity contribution in [2.45, 2.75) is 96.4 Å². The minimum atomic E-state index is -3.38. The summed E-state index contributed by atoms with van der Waals surface area (Å²) in [6, 6.07) is 2.62. The van der Waals surface area contributed by atoms with Gasteiger partial charge in [0, 0.05) is 18.4 Å². The van der Waals surface area contributed by atoms with Crippen LogP contribution in [0.4, 0.5) is 13.6 Å². The SMILES string of the molecule is CC[C@@H]1[C@@H]2CN(C(=O)[C@H](C(C)(C)C)NC(=O)O[C@@H]3C[C@H]3CCCCC(F)(F)c3nc4ccc(OC)cc4nc3O2)[C@@H]1C(=O)OC. The molecule has 1 aromatic carbocycles. The van der Waals surface area contributed by atoms with Crippen LogP contribution in [0.15, 0.2) is 18.2 Å². The molecule has 3 heterocycles. The Balaban J connectivity index is 1.60. The Morgan fingerprint density at radius 1 is 1.11 bits per heavy atom. The fraction of sp³-hybridized carbons (Fsp3) is 0.656. The van der Waals surface area contributed by atoms with E-state index in [0.29, 0.717) is 36.9 Å². The van der Waals surface area contributed by atoms with Gasteiger partial charge in [-0.3, -0.25) is 4.79 Å². The lowest BCUT2D eigenvalue weighted by Crippen LogP contribution is -2.57. The maximum absolute atomic E-state index is 16.0. The topological polar surface area (TPSA) is 129 Å². The number of carbonyl (C=O) groups is 3. The molecule has 1 saturated heterocycles. The maximum atomic E-state index is 16.0. The van der Waals surface area contributed by atoms with Crippen molar-refractivity contribution in [1.82, 2.24) is 20.2 Å². The number of nitrogens with one attached hydrogen (secondary N) is 1. The Kier molecular flexibility index (Phi) is 9.10. The number of nitrogens with zero attached hydrogens (tertiary/aromatic N) is 3. The fourth-order valence-corrected chi connectivity index (χ4v) is 6.39. The van der Waals surface area contributed by atoms with Crippen LogP contribution < -0.4 is 14.8 Å². The standard InChI is InChI=1S/C32H42F2N4O7/c1-7-19-23-16-38(24(19)29(40)43-6)28(39)26(31(2,3)4)37-30(41)45-22-14-17(22)10-8-9-13-32(33,34)25-27(44-23)36-21-15-18(42-5)11-12-20(21)35-25/h11-12,15,17,19,22-24,26H,7-10,13-14,16H2,1-6H3,(H,37,41)/t17-,19-,22-,23+,24+,26-/m1/s1. The number of alkyl halides is 2. The van der Waals surface area contributed by atoms with Crippen LogP contribution in [0.25, 0.3) is 11.0 Å². The van der Waals surface area contributed by atoms with E-state index in [1.807, 2.05) is 6.92 Å². The monoisotopic (exact) mass is 632 g/mol. The number of alkyl carbamates (subject to hydrolysis) is 1. The van der Waals surface area contributed by atoms with Crippen LogP contribution in [0.1, 0.15) is 71.9 Å². The summed E-state index contributed by atoms with van der Waals surface area (Å²) in [6.07, 6.45) is -0.136. The third-order valence-corrected chi connectivity index (χ3v) is 9.05. The van der Waals surface area contributed by atoms with Gasteiger partial charge in [-0.1, -0.05) is 34.1 Å². The average Bonchev–Trinajstić information content (AvgIpc) is 3.62. The largest absolute Gasteiger partial charge is 0.497 e. The molecule has 0 unspecified atom stereocenters. The number of halogens is 2. The molecule has 1 saturated carbocycles. The molecule has 2 aromatic rings. The number of hydrogen-bond donors (Lipinski definition) is 1. The zero-order chi connectivity index (χ0) is 32.7. The Labute approximate surface area is 261 Å². The number of rotatable bonds is 3. The summed E-state index contributed by atoms with van der Waals surface area (Å²) in [5.41, 5.74) is -0.809. The molecule has 0 spiro atoms. The van der Waals surface area contributed by atoms with Crippen LogP contribution in [0.5, 0.6) is 11.6 Å². The molecule has 3 aliphatic rings. The van der Waals surface area contributed by atoms with Crippen LogP contribution >= 0.6 is 0 Å². The van der Waals surface area contributed by atoms with Crippen LogP contribution in [-0.2, 0) is 25.0 Å². The second-order valence-corrected chi connectivity index (χ2v) is 13.3. The van der Waals surface area contributed by atoms with Crippen molar-refractivity contribution in [2.75, 3.05) is 20.8 Å². The number of methoxy groups -OCH3 is 2. The highest BCUT2D eigenvalue weighted by molar-refractivity contribution is 5.91. The second kappa shape index (κ2) is 12.6. The van der Waals surface area contributed by atoms with E-state index in [-0.39, 0.29) is 36.4 Å². The molecule has 5 rings (SSSR count). The van der Waals surface area contributed by atoms with Gasteiger partial charge in [-0.05, 0) is 49.1 Å². The van der Waals surface area contributed by atoms with Gasteiger partial charge >= 0.3 is 12.1 Å². The minimum Gasteiger partial charge on any atom is -0.497 e. The number of esters is 1. The molecule has 1 aromatic heterocycles. The zero-order valence-corrected chi connectivity index (χ0v) is 26.6. The van der Waals surface area contributed by atoms with Crippen LogP contribution in [0.2, 0.25) is 0 Å². The lowest BCUT2D eigenvalue weighted by molar-refractivity contribution is -0.154. The number of benzene rings is 1. The highest BCUT2D eigenvalue weighted by atomic mass is 19.3. The minimum absolute atomic E-state index is 0.0646.